The molecule has 4 nitrogen and oxygen atoms in total. The van der Waals surface area contributed by atoms with E-state index in [1.807, 2.05) is 12.1 Å². The average molecular weight is 293 g/mol. The van der Waals surface area contributed by atoms with Gasteiger partial charge in [0.25, 0.3) is 0 Å². The van der Waals surface area contributed by atoms with Crippen molar-refractivity contribution in [3.8, 4) is 0 Å². The Morgan fingerprint density at radius 1 is 1.35 bits per heavy atom. The summed E-state index contributed by atoms with van der Waals surface area (Å²) in [7, 11) is 0. The molecule has 1 aromatic rings. The number of nitrogens with one attached hydrogen (secondary N) is 1. The summed E-state index contributed by atoms with van der Waals surface area (Å²) in [6, 6.07) is 3.91. The highest BCUT2D eigenvalue weighted by Crippen LogP contribution is 2.23. The van der Waals surface area contributed by atoms with Crippen LogP contribution in [0.4, 0.5) is 11.5 Å². The van der Waals surface area contributed by atoms with Gasteiger partial charge in [-0.05, 0) is 25.0 Å². The Labute approximate surface area is 125 Å². The van der Waals surface area contributed by atoms with Crippen molar-refractivity contribution in [2.24, 2.45) is 0 Å². The molecule has 0 aromatic carbocycles. The topological polar surface area (TPSA) is 45.2 Å². The lowest BCUT2D eigenvalue weighted by atomic mass is 10.3. The second-order valence-electron chi connectivity index (χ2n) is 6.05. The van der Waals surface area contributed by atoms with Crippen molar-refractivity contribution in [2.75, 3.05) is 29.1 Å². The molecule has 5 heteroatoms. The number of anilines is 2. The molecule has 1 aliphatic rings. The predicted molar refractivity (Wildman–Crippen MR) is 86.5 cm³/mol. The maximum Gasteiger partial charge on any atom is 0.234 e. The highest BCUT2D eigenvalue weighted by atomic mass is 32.2. The molecular weight excluding hydrogens is 270 g/mol. The zero-order valence-corrected chi connectivity index (χ0v) is 13.3. The Balaban J connectivity index is 1.85. The van der Waals surface area contributed by atoms with Gasteiger partial charge in [0.05, 0.1) is 17.6 Å². The standard InChI is InChI=1S/C15H23N3OS/c1-15(2,3)20-11-14(19)17-12-6-7-13(16-10-12)18-8-4-5-9-18/h6-7,10H,4-5,8-9,11H2,1-3H3,(H,17,19). The van der Waals surface area contributed by atoms with Gasteiger partial charge in [0.15, 0.2) is 0 Å². The van der Waals surface area contributed by atoms with Crippen LogP contribution in [0.1, 0.15) is 33.6 Å². The van der Waals surface area contributed by atoms with Gasteiger partial charge in [-0.1, -0.05) is 20.8 Å². The van der Waals surface area contributed by atoms with Crippen molar-refractivity contribution in [2.45, 2.75) is 38.4 Å². The molecule has 1 aromatic heterocycles. The first-order valence-corrected chi connectivity index (χ1v) is 8.07. The Kier molecular flexibility index (Phi) is 4.91. The minimum Gasteiger partial charge on any atom is -0.357 e. The molecule has 0 radical (unpaired) electrons. The Morgan fingerprint density at radius 3 is 2.60 bits per heavy atom. The summed E-state index contributed by atoms with van der Waals surface area (Å²) < 4.78 is 0.106. The first-order chi connectivity index (χ1) is 9.44. The van der Waals surface area contributed by atoms with Gasteiger partial charge in [-0.3, -0.25) is 4.79 Å². The third-order valence-electron chi connectivity index (χ3n) is 3.10. The molecule has 1 saturated heterocycles. The van der Waals surface area contributed by atoms with Crippen LogP contribution in [0.3, 0.4) is 0 Å². The van der Waals surface area contributed by atoms with Crippen LogP contribution in [0.25, 0.3) is 0 Å². The quantitative estimate of drug-likeness (QED) is 0.926. The van der Waals surface area contributed by atoms with E-state index in [1.54, 1.807) is 18.0 Å². The molecule has 1 aliphatic heterocycles. The number of thioether (sulfide) groups is 1. The van der Waals surface area contributed by atoms with Crippen LogP contribution >= 0.6 is 11.8 Å². The highest BCUT2D eigenvalue weighted by Gasteiger charge is 2.15. The third-order valence-corrected chi connectivity index (χ3v) is 4.37. The molecule has 2 heterocycles. The van der Waals surface area contributed by atoms with Crippen LogP contribution in [0.15, 0.2) is 18.3 Å². The molecule has 0 saturated carbocycles. The fourth-order valence-electron chi connectivity index (χ4n) is 2.07. The first-order valence-electron chi connectivity index (χ1n) is 7.09. The number of aromatic nitrogens is 1. The number of hydrogen-bond acceptors (Lipinski definition) is 4. The van der Waals surface area contributed by atoms with Crippen LogP contribution in [-0.4, -0.2) is 34.5 Å². The van der Waals surface area contributed by atoms with E-state index in [-0.39, 0.29) is 10.7 Å². The number of carbonyl (C=O) groups is 1. The van der Waals surface area contributed by atoms with E-state index in [9.17, 15) is 4.79 Å². The van der Waals surface area contributed by atoms with E-state index < -0.39 is 0 Å². The second-order valence-corrected chi connectivity index (χ2v) is 7.85. The zero-order valence-electron chi connectivity index (χ0n) is 12.5. The van der Waals surface area contributed by atoms with Gasteiger partial charge >= 0.3 is 0 Å². The van der Waals surface area contributed by atoms with E-state index in [2.05, 4.69) is 36.0 Å². The normalized spacial score (nSPS) is 15.4. The fourth-order valence-corrected chi connectivity index (χ4v) is 2.71. The van der Waals surface area contributed by atoms with Gasteiger partial charge in [-0.2, -0.15) is 0 Å². The molecule has 0 atom stereocenters. The van der Waals surface area contributed by atoms with Gasteiger partial charge in [0, 0.05) is 17.8 Å². The molecule has 0 unspecified atom stereocenters. The summed E-state index contributed by atoms with van der Waals surface area (Å²) in [6.07, 6.45) is 4.22. The molecule has 2 rings (SSSR count). The first kappa shape index (κ1) is 15.2. The summed E-state index contributed by atoms with van der Waals surface area (Å²) in [5.74, 6) is 1.50. The fraction of sp³-hybridized carbons (Fsp3) is 0.600. The minimum atomic E-state index is 0.0284. The molecule has 0 bridgehead atoms. The third kappa shape index (κ3) is 4.71. The van der Waals surface area contributed by atoms with Crippen molar-refractivity contribution in [1.29, 1.82) is 0 Å². The Hall–Kier alpha value is -1.23. The van der Waals surface area contributed by atoms with Crippen molar-refractivity contribution in [1.82, 2.24) is 4.98 Å². The number of rotatable bonds is 4. The number of amides is 1. The van der Waals surface area contributed by atoms with Crippen molar-refractivity contribution in [3.05, 3.63) is 18.3 Å². The lowest BCUT2D eigenvalue weighted by molar-refractivity contribution is -0.113. The van der Waals surface area contributed by atoms with E-state index in [0.29, 0.717) is 5.75 Å². The lowest BCUT2D eigenvalue weighted by Gasteiger charge is -2.18. The summed E-state index contributed by atoms with van der Waals surface area (Å²) in [5, 5.41) is 2.89. The summed E-state index contributed by atoms with van der Waals surface area (Å²) >= 11 is 1.64. The largest absolute Gasteiger partial charge is 0.357 e. The molecule has 1 N–H and O–H groups in total. The van der Waals surface area contributed by atoms with Gasteiger partial charge in [-0.25, -0.2) is 4.98 Å². The van der Waals surface area contributed by atoms with Crippen LogP contribution in [-0.2, 0) is 4.79 Å². The molecule has 20 heavy (non-hydrogen) atoms. The molecule has 110 valence electrons. The van der Waals surface area contributed by atoms with Crippen LogP contribution in [0.5, 0.6) is 0 Å². The van der Waals surface area contributed by atoms with Crippen molar-refractivity contribution in [3.63, 3.8) is 0 Å². The smallest absolute Gasteiger partial charge is 0.234 e. The lowest BCUT2D eigenvalue weighted by Crippen LogP contribution is -2.20. The van der Waals surface area contributed by atoms with E-state index >= 15 is 0 Å². The molecule has 1 fully saturated rings. The maximum absolute atomic E-state index is 11.8. The molecule has 0 aliphatic carbocycles. The zero-order chi connectivity index (χ0) is 14.6. The summed E-state index contributed by atoms with van der Waals surface area (Å²) in [4.78, 5) is 18.5. The van der Waals surface area contributed by atoms with Crippen LogP contribution in [0.2, 0.25) is 0 Å². The van der Waals surface area contributed by atoms with Gasteiger partial charge in [-0.15, -0.1) is 11.8 Å². The van der Waals surface area contributed by atoms with Crippen molar-refractivity contribution >= 4 is 29.2 Å². The highest BCUT2D eigenvalue weighted by molar-refractivity contribution is 8.01. The van der Waals surface area contributed by atoms with Crippen LogP contribution in [0, 0.1) is 0 Å². The minimum absolute atomic E-state index is 0.0284. The average Bonchev–Trinajstić information content (AvgIpc) is 2.90. The Morgan fingerprint density at radius 2 is 2.05 bits per heavy atom. The van der Waals surface area contributed by atoms with Gasteiger partial charge in [0.2, 0.25) is 5.91 Å². The summed E-state index contributed by atoms with van der Waals surface area (Å²) in [5.41, 5.74) is 0.771. The number of carbonyl (C=O) groups excluding carboxylic acids is 1. The number of hydrogen-bond donors (Lipinski definition) is 1. The molecule has 0 spiro atoms. The predicted octanol–water partition coefficient (Wildman–Crippen LogP) is 3.15. The number of nitrogens with zero attached hydrogens (tertiary/aromatic N) is 2. The second kappa shape index (κ2) is 6.48. The molecule has 1 amide bonds. The monoisotopic (exact) mass is 293 g/mol. The van der Waals surface area contributed by atoms with Crippen molar-refractivity contribution < 1.29 is 4.79 Å². The van der Waals surface area contributed by atoms with E-state index in [0.717, 1.165) is 24.6 Å². The summed E-state index contributed by atoms with van der Waals surface area (Å²) in [6.45, 7) is 8.49. The Bertz CT molecular complexity index is 447. The van der Waals surface area contributed by atoms with E-state index in [1.165, 1.54) is 12.8 Å². The SMILES string of the molecule is CC(C)(C)SCC(=O)Nc1ccc(N2CCCC2)nc1. The van der Waals surface area contributed by atoms with Gasteiger partial charge < -0.3 is 10.2 Å². The van der Waals surface area contributed by atoms with Crippen LogP contribution < -0.4 is 10.2 Å². The number of pyridine rings is 1. The van der Waals surface area contributed by atoms with E-state index in [4.69, 9.17) is 0 Å². The van der Waals surface area contributed by atoms with Gasteiger partial charge in [0.1, 0.15) is 5.82 Å². The molecular formula is C15H23N3OS. The maximum atomic E-state index is 11.8.